The molecule has 68 heavy (non-hydrogen) atoms. The van der Waals surface area contributed by atoms with Gasteiger partial charge < -0.3 is 41.1 Å². The number of anilines is 1. The number of carbonyl (C=O) groups is 1. The molecule has 4 fully saturated rings. The van der Waals surface area contributed by atoms with Crippen LogP contribution in [0.2, 0.25) is 0 Å². The van der Waals surface area contributed by atoms with Crippen LogP contribution in [-0.4, -0.2) is 174 Å². The molecule has 0 radical (unpaired) electrons. The SMILES string of the molecule is C.CN1CCN(C2CCNCC2)CC1.COc1cc(F)c(-c2cnn(C)c2)cc1[N+](=O)[O-].COc1cc(N2CCC(N3CCN(C)CC3)CC2)c(-c2cnn(C)c2)cc1[N+](=O)[O-].O=CO[O-].[H-].[K+].[K+]. The van der Waals surface area contributed by atoms with Gasteiger partial charge in [-0.2, -0.15) is 10.2 Å². The standard InChI is InChI=1S/C21H30N6O3.C11H10FN3O3.C10H21N3.CH2O3.CH4.2K.H/c1-23-8-10-25(11-9-23)17-4-6-26(7-5-17)19-13-21(30-3)20(27(28)29)12-18(19)16-14-22-24(2)15-16;1-14-6-7(5-13-14)8-3-10(15(16)17)11(18-2)4-9(8)12;1-12-6-8-13(9-7-12)10-2-4-11-5-3-10;2-1-4-3;;;;/h12-15,17H,4-11H2,1-3H3;3-6H,1-2H3;10-11H,2-9H2,1H3;1,3H;1H4;;;/q;;;;;2*+1;-1/p-1. The molecule has 0 saturated carbocycles. The Labute approximate surface area is 485 Å². The number of aromatic nitrogens is 4. The zero-order chi connectivity index (χ0) is 47.0. The predicted octanol–water partition coefficient (Wildman–Crippen LogP) is -2.46. The molecule has 0 aliphatic carbocycles. The maximum absolute atomic E-state index is 13.8. The Morgan fingerprint density at radius 3 is 1.50 bits per heavy atom. The number of piperidine rings is 2. The Kier molecular flexibility index (Phi) is 28.1. The van der Waals surface area contributed by atoms with Gasteiger partial charge in [-0.25, -0.2) is 4.39 Å². The van der Waals surface area contributed by atoms with Crippen LogP contribution in [0.4, 0.5) is 21.5 Å². The molecule has 366 valence electrons. The number of nitrogens with one attached hydrogen (secondary N) is 1. The van der Waals surface area contributed by atoms with E-state index >= 15 is 0 Å². The van der Waals surface area contributed by atoms with Crippen LogP contribution in [0, 0.1) is 26.0 Å². The normalized spacial score (nSPS) is 17.1. The van der Waals surface area contributed by atoms with E-state index in [0.717, 1.165) is 87.1 Å². The number of halogens is 1. The molecule has 2 aromatic carbocycles. The number of methoxy groups -OCH3 is 2. The van der Waals surface area contributed by atoms with E-state index in [1.54, 1.807) is 30.2 Å². The Hall–Kier alpha value is -2.51. The molecule has 2 aromatic heterocycles. The van der Waals surface area contributed by atoms with Crippen molar-refractivity contribution >= 4 is 23.5 Å². The van der Waals surface area contributed by atoms with Gasteiger partial charge in [-0.05, 0) is 52.9 Å². The number of nitro groups is 2. The number of nitrogens with zero attached hydrogens (tertiary/aromatic N) is 11. The first-order chi connectivity index (χ1) is 31.3. The second kappa shape index (κ2) is 31.1. The van der Waals surface area contributed by atoms with Crippen LogP contribution in [0.15, 0.2) is 49.1 Å². The van der Waals surface area contributed by atoms with Crippen molar-refractivity contribution in [2.45, 2.75) is 45.2 Å². The van der Waals surface area contributed by atoms with Crippen molar-refractivity contribution in [1.82, 2.24) is 44.5 Å². The fourth-order valence-corrected chi connectivity index (χ4v) is 8.57. The van der Waals surface area contributed by atoms with E-state index < -0.39 is 10.7 Å². The number of carbonyl (C=O) groups excluding carboxylic acids is 1. The Bertz CT molecular complexity index is 2160. The fraction of sp³-hybridized carbons (Fsp3) is 0.568. The average molecular weight is 1010 g/mol. The molecule has 0 atom stereocenters. The van der Waals surface area contributed by atoms with Crippen molar-refractivity contribution < 1.29 is 143 Å². The molecule has 0 unspecified atom stereocenters. The topological polar surface area (TPSA) is 218 Å². The summed E-state index contributed by atoms with van der Waals surface area (Å²) in [6.45, 7) is 13.7. The van der Waals surface area contributed by atoms with Crippen LogP contribution >= 0.6 is 0 Å². The van der Waals surface area contributed by atoms with Gasteiger partial charge in [-0.1, -0.05) is 7.43 Å². The van der Waals surface area contributed by atoms with E-state index in [-0.39, 0.29) is 146 Å². The maximum Gasteiger partial charge on any atom is 1.00 e. The second-order valence-corrected chi connectivity index (χ2v) is 16.4. The van der Waals surface area contributed by atoms with Crippen LogP contribution in [0.25, 0.3) is 22.3 Å². The maximum atomic E-state index is 13.8. The number of likely N-dealkylation sites (N-methyl/N-ethyl adjacent to an activating group) is 2. The fourth-order valence-electron chi connectivity index (χ4n) is 8.57. The van der Waals surface area contributed by atoms with E-state index in [4.69, 9.17) is 19.5 Å². The van der Waals surface area contributed by atoms with Gasteiger partial charge in [0.05, 0.1) is 36.5 Å². The predicted molar refractivity (Wildman–Crippen MR) is 248 cm³/mol. The van der Waals surface area contributed by atoms with E-state index in [9.17, 15) is 24.6 Å². The van der Waals surface area contributed by atoms with E-state index in [1.807, 2.05) is 19.3 Å². The third-order valence-corrected chi connectivity index (χ3v) is 12.3. The largest absolute Gasteiger partial charge is 1.00 e. The van der Waals surface area contributed by atoms with Gasteiger partial charge in [0.2, 0.25) is 0 Å². The van der Waals surface area contributed by atoms with Gasteiger partial charge in [-0.15, -0.1) is 0 Å². The molecule has 1 N–H and O–H groups in total. The van der Waals surface area contributed by atoms with Crippen molar-refractivity contribution in [3.63, 3.8) is 0 Å². The van der Waals surface area contributed by atoms with Crippen molar-refractivity contribution in [3.8, 4) is 33.8 Å². The molecule has 0 spiro atoms. The van der Waals surface area contributed by atoms with Crippen molar-refractivity contribution in [2.24, 2.45) is 14.1 Å². The Morgan fingerprint density at radius 2 is 1.10 bits per heavy atom. The molecule has 0 bridgehead atoms. The zero-order valence-electron chi connectivity index (χ0n) is 41.1. The number of benzene rings is 2. The summed E-state index contributed by atoms with van der Waals surface area (Å²) in [6.07, 6.45) is 11.6. The van der Waals surface area contributed by atoms with Crippen molar-refractivity contribution in [1.29, 1.82) is 0 Å². The van der Waals surface area contributed by atoms with Gasteiger partial charge in [0.15, 0.2) is 11.5 Å². The summed E-state index contributed by atoms with van der Waals surface area (Å²) >= 11 is 0. The number of nitro benzene ring substituents is 2. The summed E-state index contributed by atoms with van der Waals surface area (Å²) in [4.78, 5) is 45.1. The number of rotatable bonds is 10. The minimum Gasteiger partial charge on any atom is -1.00 e. The van der Waals surface area contributed by atoms with E-state index in [1.165, 1.54) is 77.2 Å². The third kappa shape index (κ3) is 17.7. The summed E-state index contributed by atoms with van der Waals surface area (Å²) in [5, 5.41) is 42.5. The summed E-state index contributed by atoms with van der Waals surface area (Å²) in [5.74, 6) is -0.403. The minimum absolute atomic E-state index is 0. The molecule has 8 rings (SSSR count). The van der Waals surface area contributed by atoms with Crippen LogP contribution in [0.1, 0.15) is 34.5 Å². The number of aryl methyl sites for hydroxylation is 2. The van der Waals surface area contributed by atoms with Gasteiger partial charge in [0.1, 0.15) is 5.82 Å². The molecule has 4 aliphatic rings. The molecule has 4 saturated heterocycles. The number of hydrogen-bond donors (Lipinski definition) is 1. The number of piperazine rings is 2. The van der Waals surface area contributed by atoms with Gasteiger partial charge >= 0.3 is 114 Å². The molecule has 4 aromatic rings. The van der Waals surface area contributed by atoms with Crippen LogP contribution in [-0.2, 0) is 23.8 Å². The molecule has 21 nitrogen and oxygen atoms in total. The summed E-state index contributed by atoms with van der Waals surface area (Å²) in [7, 11) is 10.7. The number of ether oxygens (including phenoxy) is 2. The Morgan fingerprint density at radius 1 is 0.691 bits per heavy atom. The van der Waals surface area contributed by atoms with Crippen LogP contribution < -0.4 is 128 Å². The zero-order valence-corrected chi connectivity index (χ0v) is 46.4. The van der Waals surface area contributed by atoms with Gasteiger partial charge in [0.25, 0.3) is 6.47 Å². The molecular weight excluding hydrogens is 938 g/mol. The molecule has 0 amide bonds. The van der Waals surface area contributed by atoms with E-state index in [2.05, 4.69) is 59.0 Å². The quantitative estimate of drug-likeness (QED) is 0.0573. The smallest absolute Gasteiger partial charge is 1.00 e. The van der Waals surface area contributed by atoms with Gasteiger partial charge in [0, 0.05) is 156 Å². The number of hydrogen-bond acceptors (Lipinski definition) is 17. The van der Waals surface area contributed by atoms with Crippen LogP contribution in [0.5, 0.6) is 11.5 Å². The first-order valence-electron chi connectivity index (χ1n) is 21.7. The van der Waals surface area contributed by atoms with E-state index in [0.29, 0.717) is 17.4 Å². The summed E-state index contributed by atoms with van der Waals surface area (Å²) in [5.41, 5.74) is 2.97. The second-order valence-electron chi connectivity index (χ2n) is 16.4. The molecule has 6 heterocycles. The first kappa shape index (κ1) is 61.6. The third-order valence-electron chi connectivity index (χ3n) is 12.3. The average Bonchev–Trinajstić information content (AvgIpc) is 3.97. The van der Waals surface area contributed by atoms with Crippen molar-refractivity contribution in [3.05, 3.63) is 75.1 Å². The molecule has 4 aliphatic heterocycles. The monoisotopic (exact) mass is 1000 g/mol. The summed E-state index contributed by atoms with van der Waals surface area (Å²) < 4.78 is 27.2. The van der Waals surface area contributed by atoms with Gasteiger partial charge in [-0.3, -0.25) is 44.2 Å². The molecule has 24 heteroatoms. The minimum atomic E-state index is -0.613. The first-order valence-corrected chi connectivity index (χ1v) is 21.7. The van der Waals surface area contributed by atoms with Crippen molar-refractivity contribution in [2.75, 3.05) is 112 Å². The van der Waals surface area contributed by atoms with Crippen LogP contribution in [0.3, 0.4) is 0 Å². The summed E-state index contributed by atoms with van der Waals surface area (Å²) in [6, 6.07) is 7.06. The molecular formula is C44H67FK2N12O9. The Balaban J connectivity index is 0.000000523.